The van der Waals surface area contributed by atoms with E-state index in [0.29, 0.717) is 6.04 Å². The number of fused-ring (bicyclic) bond motifs is 1. The molecule has 0 saturated carbocycles. The van der Waals surface area contributed by atoms with Gasteiger partial charge in [0.1, 0.15) is 5.82 Å². The Morgan fingerprint density at radius 3 is 2.74 bits per heavy atom. The number of nitrogens with one attached hydrogen (secondary N) is 1. The third-order valence-electron chi connectivity index (χ3n) is 4.28. The number of nitrogens with zero attached hydrogens (tertiary/aromatic N) is 1. The molecule has 0 spiro atoms. The lowest BCUT2D eigenvalue weighted by Gasteiger charge is -2.14. The second-order valence-electron chi connectivity index (χ2n) is 6.27. The summed E-state index contributed by atoms with van der Waals surface area (Å²) in [6.07, 6.45) is 6.00. The van der Waals surface area contributed by atoms with Gasteiger partial charge in [0.25, 0.3) is 0 Å². The summed E-state index contributed by atoms with van der Waals surface area (Å²) in [5.74, 6) is -0.167. The summed E-state index contributed by atoms with van der Waals surface area (Å²) in [6.45, 7) is 3.19. The van der Waals surface area contributed by atoms with E-state index in [4.69, 9.17) is 0 Å². The highest BCUT2D eigenvalue weighted by Gasteiger charge is 2.09. The van der Waals surface area contributed by atoms with E-state index in [-0.39, 0.29) is 5.82 Å². The smallest absolute Gasteiger partial charge is 0.123 e. The number of halogens is 1. The molecule has 3 heteroatoms. The molecule has 23 heavy (non-hydrogen) atoms. The van der Waals surface area contributed by atoms with Crippen LogP contribution in [0.1, 0.15) is 30.0 Å². The van der Waals surface area contributed by atoms with Crippen LogP contribution in [0.3, 0.4) is 0 Å². The van der Waals surface area contributed by atoms with Gasteiger partial charge in [-0.05, 0) is 67.6 Å². The van der Waals surface area contributed by atoms with Crippen molar-refractivity contribution in [1.29, 1.82) is 0 Å². The number of hydrogen-bond donors (Lipinski definition) is 1. The van der Waals surface area contributed by atoms with Crippen LogP contribution in [0.25, 0.3) is 0 Å². The van der Waals surface area contributed by atoms with E-state index in [1.54, 1.807) is 0 Å². The van der Waals surface area contributed by atoms with Crippen LogP contribution >= 0.6 is 0 Å². The zero-order valence-corrected chi connectivity index (χ0v) is 13.6. The number of rotatable bonds is 7. The molecule has 2 nitrogen and oxygen atoms in total. The molecule has 1 aliphatic heterocycles. The third kappa shape index (κ3) is 4.49. The van der Waals surface area contributed by atoms with Crippen LogP contribution in [0.4, 0.5) is 10.1 Å². The first-order chi connectivity index (χ1) is 11.2. The molecule has 0 bridgehead atoms. The van der Waals surface area contributed by atoms with E-state index in [2.05, 4.69) is 35.4 Å². The molecule has 0 amide bonds. The van der Waals surface area contributed by atoms with Gasteiger partial charge in [-0.25, -0.2) is 4.39 Å². The molecule has 120 valence electrons. The summed E-state index contributed by atoms with van der Waals surface area (Å²) in [6, 6.07) is 13.8. The molecule has 3 rings (SSSR count). The molecule has 1 heterocycles. The quantitative estimate of drug-likeness (QED) is 0.760. The van der Waals surface area contributed by atoms with Crippen LogP contribution in [-0.4, -0.2) is 18.8 Å². The van der Waals surface area contributed by atoms with E-state index >= 15 is 0 Å². The molecule has 1 N–H and O–H groups in total. The van der Waals surface area contributed by atoms with Crippen LogP contribution in [-0.2, 0) is 19.3 Å². The average Bonchev–Trinajstić information content (AvgIpc) is 3.01. The molecule has 0 aromatic heterocycles. The molecular weight excluding hydrogens is 287 g/mol. The summed E-state index contributed by atoms with van der Waals surface area (Å²) in [5, 5.41) is 3.57. The van der Waals surface area contributed by atoms with Crippen LogP contribution in [0.15, 0.2) is 47.5 Å². The van der Waals surface area contributed by atoms with Crippen molar-refractivity contribution in [3.63, 3.8) is 0 Å². The van der Waals surface area contributed by atoms with Crippen molar-refractivity contribution in [2.75, 3.05) is 6.54 Å². The maximum Gasteiger partial charge on any atom is 0.123 e. The molecule has 0 aliphatic carbocycles. The van der Waals surface area contributed by atoms with Gasteiger partial charge in [0.05, 0.1) is 5.69 Å². The Morgan fingerprint density at radius 2 is 1.91 bits per heavy atom. The third-order valence-corrected chi connectivity index (χ3v) is 4.28. The predicted octanol–water partition coefficient (Wildman–Crippen LogP) is 4.24. The van der Waals surface area contributed by atoms with E-state index in [9.17, 15) is 4.39 Å². The van der Waals surface area contributed by atoms with Crippen LogP contribution < -0.4 is 5.32 Å². The zero-order chi connectivity index (χ0) is 16.1. The number of aliphatic imine (C=N–C) groups is 1. The normalized spacial score (nSPS) is 14.0. The molecule has 2 aromatic carbocycles. The minimum Gasteiger partial charge on any atom is -0.314 e. The largest absolute Gasteiger partial charge is 0.314 e. The second-order valence-corrected chi connectivity index (χ2v) is 6.27. The number of aryl methyl sites for hydroxylation is 1. The highest BCUT2D eigenvalue weighted by Crippen LogP contribution is 2.25. The fourth-order valence-corrected chi connectivity index (χ4v) is 2.99. The van der Waals surface area contributed by atoms with Gasteiger partial charge in [0, 0.05) is 18.7 Å². The van der Waals surface area contributed by atoms with Crippen molar-refractivity contribution >= 4 is 11.9 Å². The van der Waals surface area contributed by atoms with E-state index < -0.39 is 0 Å². The maximum absolute atomic E-state index is 12.8. The van der Waals surface area contributed by atoms with E-state index in [1.807, 2.05) is 18.3 Å². The van der Waals surface area contributed by atoms with E-state index in [1.165, 1.54) is 28.8 Å². The molecule has 2 aromatic rings. The van der Waals surface area contributed by atoms with Crippen LogP contribution in [0.2, 0.25) is 0 Å². The summed E-state index contributed by atoms with van der Waals surface area (Å²) in [5.41, 5.74) is 4.98. The first-order valence-corrected chi connectivity index (χ1v) is 8.33. The lowest BCUT2D eigenvalue weighted by Crippen LogP contribution is -2.29. The number of hydrogen-bond acceptors (Lipinski definition) is 2. The van der Waals surface area contributed by atoms with E-state index in [0.717, 1.165) is 37.9 Å². The fourth-order valence-electron chi connectivity index (χ4n) is 2.99. The van der Waals surface area contributed by atoms with Crippen molar-refractivity contribution in [3.05, 3.63) is 65.0 Å². The fraction of sp³-hybridized carbons (Fsp3) is 0.350. The number of benzene rings is 2. The maximum atomic E-state index is 12.8. The summed E-state index contributed by atoms with van der Waals surface area (Å²) in [7, 11) is 0. The van der Waals surface area contributed by atoms with Gasteiger partial charge in [-0.3, -0.25) is 4.99 Å². The zero-order valence-electron chi connectivity index (χ0n) is 13.6. The van der Waals surface area contributed by atoms with Gasteiger partial charge >= 0.3 is 0 Å². The molecule has 1 aliphatic rings. The molecular formula is C20H23FN2. The second kappa shape index (κ2) is 7.51. The summed E-state index contributed by atoms with van der Waals surface area (Å²) >= 11 is 0. The van der Waals surface area contributed by atoms with Gasteiger partial charge < -0.3 is 5.32 Å². The predicted molar refractivity (Wildman–Crippen MR) is 94.2 cm³/mol. The molecule has 1 atom stereocenters. The molecule has 0 fully saturated rings. The Hall–Kier alpha value is -2.00. The van der Waals surface area contributed by atoms with Gasteiger partial charge in [-0.15, -0.1) is 0 Å². The van der Waals surface area contributed by atoms with Crippen molar-refractivity contribution < 1.29 is 4.39 Å². The van der Waals surface area contributed by atoms with Gasteiger partial charge in [-0.1, -0.05) is 24.3 Å². The summed E-state index contributed by atoms with van der Waals surface area (Å²) in [4.78, 5) is 4.41. The summed E-state index contributed by atoms with van der Waals surface area (Å²) < 4.78 is 12.8. The lowest BCUT2D eigenvalue weighted by atomic mass is 10.0. The Bertz CT molecular complexity index is 677. The Labute approximate surface area is 137 Å². The SMILES string of the molecule is CC(Cc1ccc2c(c1)N=CC2)NCCCc1ccc(F)cc1. The molecule has 0 radical (unpaired) electrons. The van der Waals surface area contributed by atoms with Crippen molar-refractivity contribution in [2.24, 2.45) is 4.99 Å². The lowest BCUT2D eigenvalue weighted by molar-refractivity contribution is 0.534. The first-order valence-electron chi connectivity index (χ1n) is 8.33. The monoisotopic (exact) mass is 310 g/mol. The Kier molecular flexibility index (Phi) is 5.19. The molecule has 1 unspecified atom stereocenters. The van der Waals surface area contributed by atoms with Crippen LogP contribution in [0, 0.1) is 5.82 Å². The Balaban J connectivity index is 1.40. The topological polar surface area (TPSA) is 24.4 Å². The van der Waals surface area contributed by atoms with Gasteiger partial charge in [-0.2, -0.15) is 0 Å². The van der Waals surface area contributed by atoms with Gasteiger partial charge in [0.2, 0.25) is 0 Å². The van der Waals surface area contributed by atoms with Crippen molar-refractivity contribution in [2.45, 2.75) is 38.6 Å². The van der Waals surface area contributed by atoms with Crippen molar-refractivity contribution in [3.8, 4) is 0 Å². The average molecular weight is 310 g/mol. The minimum atomic E-state index is -0.167. The molecule has 0 saturated heterocycles. The van der Waals surface area contributed by atoms with Gasteiger partial charge in [0.15, 0.2) is 0 Å². The highest BCUT2D eigenvalue weighted by molar-refractivity contribution is 5.75. The first kappa shape index (κ1) is 15.9. The Morgan fingerprint density at radius 1 is 1.13 bits per heavy atom. The standard InChI is InChI=1S/C20H23FN2/c1-15(13-17-4-7-18-10-12-23-20(18)14-17)22-11-2-3-16-5-8-19(21)9-6-16/h4-9,12,14-15,22H,2-3,10-11,13H2,1H3. The van der Waals surface area contributed by atoms with Crippen LogP contribution in [0.5, 0.6) is 0 Å². The van der Waals surface area contributed by atoms with Crippen molar-refractivity contribution in [1.82, 2.24) is 5.32 Å². The highest BCUT2D eigenvalue weighted by atomic mass is 19.1. The minimum absolute atomic E-state index is 0.167.